The van der Waals surface area contributed by atoms with E-state index >= 15 is 0 Å². The summed E-state index contributed by atoms with van der Waals surface area (Å²) < 4.78 is 11.1. The van der Waals surface area contributed by atoms with Gasteiger partial charge in [0, 0.05) is 0 Å². The SMILES string of the molecule is CC[O][Ge]([Cl])([O]CC)[C](C)(C)C. The zero-order valence-electron chi connectivity index (χ0n) is 8.61. The summed E-state index contributed by atoms with van der Waals surface area (Å²) in [5.41, 5.74) is 0. The van der Waals surface area contributed by atoms with Gasteiger partial charge in [0.25, 0.3) is 0 Å². The molecule has 0 spiro atoms. The van der Waals surface area contributed by atoms with Crippen molar-refractivity contribution in [1.82, 2.24) is 0 Å². The topological polar surface area (TPSA) is 18.5 Å². The molecule has 74 valence electrons. The van der Waals surface area contributed by atoms with Crippen LogP contribution < -0.4 is 0 Å². The number of hydrogen-bond acceptors (Lipinski definition) is 2. The molecule has 0 bridgehead atoms. The second-order valence-corrected chi connectivity index (χ2v) is 12.8. The Labute approximate surface area is 82.8 Å². The molecule has 0 unspecified atom stereocenters. The molecule has 0 aliphatic heterocycles. The Morgan fingerprint density at radius 1 is 1.08 bits per heavy atom. The molecule has 12 heavy (non-hydrogen) atoms. The number of hydrogen-bond donors (Lipinski definition) is 0. The van der Waals surface area contributed by atoms with Gasteiger partial charge in [0.1, 0.15) is 0 Å². The second-order valence-electron chi connectivity index (χ2n) is 3.65. The van der Waals surface area contributed by atoms with Crippen molar-refractivity contribution in [2.75, 3.05) is 13.2 Å². The standard InChI is InChI=1S/C8H19ClGeO2/c1-6-11-10(9,12-7-2)8(3,4)5/h6-7H2,1-5H3. The zero-order valence-corrected chi connectivity index (χ0v) is 11.5. The predicted octanol–water partition coefficient (Wildman–Crippen LogP) is 3.04. The van der Waals surface area contributed by atoms with Crippen LogP contribution in [-0.2, 0) is 7.53 Å². The van der Waals surface area contributed by atoms with Crippen molar-refractivity contribution in [2.45, 2.75) is 38.9 Å². The Balaban J connectivity index is 4.38. The fourth-order valence-electron chi connectivity index (χ4n) is 0.846. The maximum absolute atomic E-state index is 6.36. The number of rotatable bonds is 4. The summed E-state index contributed by atoms with van der Waals surface area (Å²) in [5, 5.41) is 0. The van der Waals surface area contributed by atoms with Crippen molar-refractivity contribution in [3.8, 4) is 0 Å². The van der Waals surface area contributed by atoms with E-state index in [0.29, 0.717) is 13.2 Å². The van der Waals surface area contributed by atoms with Gasteiger partial charge >= 0.3 is 82.6 Å². The van der Waals surface area contributed by atoms with E-state index in [-0.39, 0.29) is 4.25 Å². The Kier molecular flexibility index (Phi) is 5.15. The van der Waals surface area contributed by atoms with Gasteiger partial charge in [-0.2, -0.15) is 0 Å². The third kappa shape index (κ3) is 3.25. The normalized spacial score (nSPS) is 13.5. The molecule has 4 heteroatoms. The van der Waals surface area contributed by atoms with Crippen LogP contribution >= 0.6 is 10.0 Å². The molecule has 0 aromatic carbocycles. The average molecular weight is 255 g/mol. The summed E-state index contributed by atoms with van der Waals surface area (Å²) in [6, 6.07) is 0. The molecular formula is C8H19ClGeO2. The summed E-state index contributed by atoms with van der Waals surface area (Å²) in [6.45, 7) is 11.4. The minimum atomic E-state index is -3.00. The summed E-state index contributed by atoms with van der Waals surface area (Å²) in [4.78, 5) is 0. The van der Waals surface area contributed by atoms with E-state index in [1.807, 2.05) is 13.8 Å². The maximum atomic E-state index is 6.36. The Morgan fingerprint density at radius 2 is 1.42 bits per heavy atom. The molecule has 2 nitrogen and oxygen atoms in total. The summed E-state index contributed by atoms with van der Waals surface area (Å²) in [7, 11) is 6.36. The number of halogens is 1. The second kappa shape index (κ2) is 4.84. The van der Waals surface area contributed by atoms with Gasteiger partial charge in [-0.15, -0.1) is 0 Å². The van der Waals surface area contributed by atoms with E-state index in [9.17, 15) is 0 Å². The van der Waals surface area contributed by atoms with Crippen LogP contribution in [0.15, 0.2) is 0 Å². The van der Waals surface area contributed by atoms with Crippen LogP contribution in [0.5, 0.6) is 0 Å². The van der Waals surface area contributed by atoms with Crippen LogP contribution in [0.25, 0.3) is 0 Å². The van der Waals surface area contributed by atoms with Crippen LogP contribution in [0.3, 0.4) is 0 Å². The van der Waals surface area contributed by atoms with Crippen molar-refractivity contribution in [1.29, 1.82) is 0 Å². The summed E-state index contributed by atoms with van der Waals surface area (Å²) in [6.07, 6.45) is 0. The van der Waals surface area contributed by atoms with Gasteiger partial charge < -0.3 is 0 Å². The van der Waals surface area contributed by atoms with Crippen LogP contribution in [0, 0.1) is 0 Å². The van der Waals surface area contributed by atoms with E-state index in [1.54, 1.807) is 0 Å². The molecule has 0 N–H and O–H groups in total. The fourth-order valence-corrected chi connectivity index (χ4v) is 5.53. The Morgan fingerprint density at radius 3 is 1.58 bits per heavy atom. The molecule has 0 fully saturated rings. The quantitative estimate of drug-likeness (QED) is 0.719. The van der Waals surface area contributed by atoms with Crippen molar-refractivity contribution >= 4 is 23.0 Å². The van der Waals surface area contributed by atoms with Crippen LogP contribution in [0.1, 0.15) is 34.6 Å². The predicted molar refractivity (Wildman–Crippen MR) is 54.6 cm³/mol. The van der Waals surface area contributed by atoms with Crippen molar-refractivity contribution < 1.29 is 7.53 Å². The molecule has 0 saturated carbocycles. The van der Waals surface area contributed by atoms with E-state index in [2.05, 4.69) is 20.8 Å². The first-order chi connectivity index (χ1) is 5.37. The van der Waals surface area contributed by atoms with Gasteiger partial charge in [0.05, 0.1) is 0 Å². The van der Waals surface area contributed by atoms with Gasteiger partial charge in [-0.05, 0) is 0 Å². The minimum absolute atomic E-state index is 0.0342. The third-order valence-corrected chi connectivity index (χ3v) is 12.2. The van der Waals surface area contributed by atoms with E-state index in [4.69, 9.17) is 17.5 Å². The van der Waals surface area contributed by atoms with Crippen LogP contribution in [-0.4, -0.2) is 26.2 Å². The molecule has 0 amide bonds. The van der Waals surface area contributed by atoms with Crippen molar-refractivity contribution in [3.05, 3.63) is 0 Å². The first-order valence-corrected chi connectivity index (χ1v) is 9.86. The molecular weight excluding hydrogens is 236 g/mol. The monoisotopic (exact) mass is 256 g/mol. The van der Waals surface area contributed by atoms with Crippen LogP contribution in [0.4, 0.5) is 0 Å². The Hall–Kier alpha value is 0.753. The van der Waals surface area contributed by atoms with Gasteiger partial charge in [0.2, 0.25) is 0 Å². The molecule has 0 aromatic rings. The van der Waals surface area contributed by atoms with Gasteiger partial charge in [-0.1, -0.05) is 0 Å². The Bertz CT molecular complexity index is 128. The van der Waals surface area contributed by atoms with E-state index in [1.165, 1.54) is 0 Å². The fraction of sp³-hybridized carbons (Fsp3) is 1.00. The molecule has 0 aromatic heterocycles. The zero-order chi connectivity index (χ0) is 9.83. The molecule has 0 radical (unpaired) electrons. The third-order valence-electron chi connectivity index (χ3n) is 1.56. The van der Waals surface area contributed by atoms with Crippen LogP contribution in [0.2, 0.25) is 4.25 Å². The van der Waals surface area contributed by atoms with Gasteiger partial charge in [0.15, 0.2) is 0 Å². The first-order valence-electron chi connectivity index (χ1n) is 4.34. The summed E-state index contributed by atoms with van der Waals surface area (Å²) >= 11 is -3.00. The van der Waals surface area contributed by atoms with Gasteiger partial charge in [-0.3, -0.25) is 0 Å². The molecule has 0 atom stereocenters. The molecule has 0 heterocycles. The van der Waals surface area contributed by atoms with E-state index < -0.39 is 13.0 Å². The molecule has 0 aliphatic carbocycles. The van der Waals surface area contributed by atoms with Gasteiger partial charge in [-0.25, -0.2) is 0 Å². The summed E-state index contributed by atoms with van der Waals surface area (Å²) in [5.74, 6) is 0. The van der Waals surface area contributed by atoms with E-state index in [0.717, 1.165) is 0 Å². The average Bonchev–Trinajstić information content (AvgIpc) is 1.86. The molecule has 0 saturated heterocycles. The van der Waals surface area contributed by atoms with Crippen molar-refractivity contribution in [2.24, 2.45) is 0 Å². The molecule has 0 rings (SSSR count). The first kappa shape index (κ1) is 12.8. The van der Waals surface area contributed by atoms with Crippen molar-refractivity contribution in [3.63, 3.8) is 0 Å². The molecule has 0 aliphatic rings.